The van der Waals surface area contributed by atoms with Gasteiger partial charge in [-0.25, -0.2) is 10.4 Å². The van der Waals surface area contributed by atoms with Crippen LogP contribution < -0.4 is 5.43 Å². The maximum absolute atomic E-state index is 11.9. The number of aromatic nitrogens is 2. The lowest BCUT2D eigenvalue weighted by molar-refractivity contribution is -0.118. The first kappa shape index (κ1) is 17.8. The molecule has 0 aliphatic carbocycles. The number of amides is 1. The van der Waals surface area contributed by atoms with Gasteiger partial charge in [0.25, 0.3) is 5.91 Å². The third-order valence-corrected chi connectivity index (χ3v) is 4.49. The number of hydrogen-bond donors (Lipinski definition) is 3. The molecule has 132 valence electrons. The zero-order valence-corrected chi connectivity index (χ0v) is 14.8. The lowest BCUT2D eigenvalue weighted by Gasteiger charge is -2.04. The number of imidazole rings is 1. The Balaban J connectivity index is 1.54. The highest BCUT2D eigenvalue weighted by Gasteiger charge is 2.07. The summed E-state index contributed by atoms with van der Waals surface area (Å²) in [6.45, 7) is 3.66. The molecule has 0 saturated heterocycles. The number of rotatable bonds is 7. The van der Waals surface area contributed by atoms with Gasteiger partial charge in [-0.15, -0.1) is 6.58 Å². The maximum Gasteiger partial charge on any atom is 0.250 e. The second-order valence-electron chi connectivity index (χ2n) is 5.49. The Hall–Kier alpha value is -3.06. The number of phenolic OH excluding ortho intramolecular Hbond substituents is 1. The Morgan fingerprint density at radius 3 is 2.96 bits per heavy atom. The van der Waals surface area contributed by atoms with E-state index in [1.807, 2.05) is 36.4 Å². The van der Waals surface area contributed by atoms with Crippen molar-refractivity contribution in [2.24, 2.45) is 5.10 Å². The van der Waals surface area contributed by atoms with Gasteiger partial charge in [-0.1, -0.05) is 42.1 Å². The molecule has 1 heterocycles. The van der Waals surface area contributed by atoms with Crippen LogP contribution in [0, 0.1) is 0 Å². The number of nitrogens with zero attached hydrogens (tertiary/aromatic N) is 2. The van der Waals surface area contributed by atoms with E-state index in [1.54, 1.807) is 12.1 Å². The molecule has 0 atom stereocenters. The first-order valence-corrected chi connectivity index (χ1v) is 8.97. The average molecular weight is 366 g/mol. The van der Waals surface area contributed by atoms with Crippen molar-refractivity contribution in [2.45, 2.75) is 11.6 Å². The van der Waals surface area contributed by atoms with Crippen LogP contribution in [0.25, 0.3) is 11.0 Å². The van der Waals surface area contributed by atoms with Crippen LogP contribution in [0.3, 0.4) is 0 Å². The highest BCUT2D eigenvalue weighted by atomic mass is 32.2. The Morgan fingerprint density at radius 1 is 1.31 bits per heavy atom. The Morgan fingerprint density at radius 2 is 2.15 bits per heavy atom. The molecule has 0 unspecified atom stereocenters. The van der Waals surface area contributed by atoms with E-state index in [2.05, 4.69) is 27.1 Å². The summed E-state index contributed by atoms with van der Waals surface area (Å²) in [5.74, 6) is 0.0649. The monoisotopic (exact) mass is 366 g/mol. The summed E-state index contributed by atoms with van der Waals surface area (Å²) in [5.41, 5.74) is 5.54. The zero-order chi connectivity index (χ0) is 18.4. The van der Waals surface area contributed by atoms with Gasteiger partial charge in [-0.2, -0.15) is 5.10 Å². The number of phenols is 1. The summed E-state index contributed by atoms with van der Waals surface area (Å²) in [4.78, 5) is 19.5. The molecular weight excluding hydrogens is 348 g/mol. The summed E-state index contributed by atoms with van der Waals surface area (Å²) in [6, 6.07) is 13.0. The van der Waals surface area contributed by atoms with Crippen LogP contribution in [0.5, 0.6) is 5.75 Å². The summed E-state index contributed by atoms with van der Waals surface area (Å²) in [7, 11) is 0. The second-order valence-corrected chi connectivity index (χ2v) is 6.45. The van der Waals surface area contributed by atoms with Crippen LogP contribution in [0.1, 0.15) is 11.1 Å². The van der Waals surface area contributed by atoms with Gasteiger partial charge in [0.1, 0.15) is 5.75 Å². The van der Waals surface area contributed by atoms with Crippen LogP contribution in [-0.2, 0) is 11.2 Å². The molecule has 1 aromatic heterocycles. The van der Waals surface area contributed by atoms with Crippen molar-refractivity contribution in [1.82, 2.24) is 15.4 Å². The molecule has 0 radical (unpaired) electrons. The van der Waals surface area contributed by atoms with Crippen LogP contribution in [0.2, 0.25) is 0 Å². The van der Waals surface area contributed by atoms with Crippen LogP contribution in [0.15, 0.2) is 65.4 Å². The van der Waals surface area contributed by atoms with E-state index >= 15 is 0 Å². The van der Waals surface area contributed by atoms with Crippen molar-refractivity contribution in [1.29, 1.82) is 0 Å². The number of fused-ring (bicyclic) bond motifs is 1. The number of hydrogen-bond acceptors (Lipinski definition) is 5. The largest absolute Gasteiger partial charge is 0.507 e. The SMILES string of the molecule is C=CCc1cccc(/C=N/NC(=O)CSc2nc3ccccc3[nH]2)c1O. The van der Waals surface area contributed by atoms with Crippen molar-refractivity contribution < 1.29 is 9.90 Å². The summed E-state index contributed by atoms with van der Waals surface area (Å²) >= 11 is 1.30. The van der Waals surface area contributed by atoms with Gasteiger partial charge in [-0.3, -0.25) is 4.79 Å². The number of para-hydroxylation sites is 3. The number of nitrogens with one attached hydrogen (secondary N) is 2. The highest BCUT2D eigenvalue weighted by molar-refractivity contribution is 7.99. The first-order chi connectivity index (χ1) is 12.7. The van der Waals surface area contributed by atoms with E-state index < -0.39 is 0 Å². The smallest absolute Gasteiger partial charge is 0.250 e. The molecule has 0 fully saturated rings. The minimum absolute atomic E-state index is 0.141. The molecule has 6 nitrogen and oxygen atoms in total. The predicted molar refractivity (Wildman–Crippen MR) is 105 cm³/mol. The molecule has 26 heavy (non-hydrogen) atoms. The number of aromatic hydroxyl groups is 1. The van der Waals surface area contributed by atoms with Crippen molar-refractivity contribution in [2.75, 3.05) is 5.75 Å². The predicted octanol–water partition coefficient (Wildman–Crippen LogP) is 3.24. The zero-order valence-electron chi connectivity index (χ0n) is 14.0. The minimum Gasteiger partial charge on any atom is -0.507 e. The van der Waals surface area contributed by atoms with Crippen LogP contribution in [-0.4, -0.2) is 32.9 Å². The molecule has 2 aromatic carbocycles. The molecule has 0 aliphatic heterocycles. The van der Waals surface area contributed by atoms with Crippen molar-refractivity contribution in [3.05, 3.63) is 66.2 Å². The van der Waals surface area contributed by atoms with Gasteiger partial charge < -0.3 is 10.1 Å². The molecule has 0 saturated carbocycles. The molecule has 3 rings (SSSR count). The number of allylic oxidation sites excluding steroid dienone is 1. The van der Waals surface area contributed by atoms with Gasteiger partial charge in [-0.05, 0) is 30.2 Å². The molecule has 3 aromatic rings. The molecule has 7 heteroatoms. The van der Waals surface area contributed by atoms with Gasteiger partial charge in [0.2, 0.25) is 0 Å². The summed E-state index contributed by atoms with van der Waals surface area (Å²) < 4.78 is 0. The molecule has 0 aliphatic rings. The fraction of sp³-hybridized carbons (Fsp3) is 0.105. The summed E-state index contributed by atoms with van der Waals surface area (Å²) in [5, 5.41) is 14.7. The topological polar surface area (TPSA) is 90.4 Å². The Bertz CT molecular complexity index is 932. The van der Waals surface area contributed by atoms with Crippen LogP contribution in [0.4, 0.5) is 0 Å². The second kappa shape index (κ2) is 8.35. The van der Waals surface area contributed by atoms with Gasteiger partial charge >= 0.3 is 0 Å². The number of carbonyl (C=O) groups excluding carboxylic acids is 1. The van der Waals surface area contributed by atoms with E-state index in [4.69, 9.17) is 0 Å². The third-order valence-electron chi connectivity index (χ3n) is 3.62. The van der Waals surface area contributed by atoms with Crippen molar-refractivity contribution in [3.63, 3.8) is 0 Å². The van der Waals surface area contributed by atoms with E-state index in [9.17, 15) is 9.90 Å². The summed E-state index contributed by atoms with van der Waals surface area (Å²) in [6.07, 6.45) is 3.70. The fourth-order valence-corrected chi connectivity index (χ4v) is 3.05. The Labute approximate surface area is 155 Å². The maximum atomic E-state index is 11.9. The highest BCUT2D eigenvalue weighted by Crippen LogP contribution is 2.21. The molecule has 3 N–H and O–H groups in total. The lowest BCUT2D eigenvalue weighted by atomic mass is 10.1. The number of hydrazone groups is 1. The van der Waals surface area contributed by atoms with E-state index in [1.165, 1.54) is 18.0 Å². The minimum atomic E-state index is -0.256. The van der Waals surface area contributed by atoms with Crippen LogP contribution >= 0.6 is 11.8 Å². The number of aromatic amines is 1. The normalized spacial score (nSPS) is 11.1. The van der Waals surface area contributed by atoms with E-state index in [-0.39, 0.29) is 17.4 Å². The number of thioether (sulfide) groups is 1. The van der Waals surface area contributed by atoms with Gasteiger partial charge in [0.15, 0.2) is 5.16 Å². The quantitative estimate of drug-likeness (QED) is 0.259. The third kappa shape index (κ3) is 4.31. The van der Waals surface area contributed by atoms with Crippen molar-refractivity contribution in [3.8, 4) is 5.75 Å². The van der Waals surface area contributed by atoms with E-state index in [0.29, 0.717) is 17.1 Å². The fourth-order valence-electron chi connectivity index (χ4n) is 2.37. The molecule has 0 bridgehead atoms. The molecule has 1 amide bonds. The number of carbonyl (C=O) groups is 1. The first-order valence-electron chi connectivity index (χ1n) is 7.98. The molecule has 0 spiro atoms. The van der Waals surface area contributed by atoms with Gasteiger partial charge in [0.05, 0.1) is 23.0 Å². The lowest BCUT2D eigenvalue weighted by Crippen LogP contribution is -2.19. The number of benzene rings is 2. The van der Waals surface area contributed by atoms with Gasteiger partial charge in [0, 0.05) is 5.56 Å². The molecular formula is C19H18N4O2S. The number of H-pyrrole nitrogens is 1. The van der Waals surface area contributed by atoms with Crippen molar-refractivity contribution >= 4 is 34.9 Å². The standard InChI is InChI=1S/C19H18N4O2S/c1-2-6-13-7-5-8-14(18(13)25)11-20-23-17(24)12-26-19-21-15-9-3-4-10-16(15)22-19/h2-5,7-11,25H,1,6,12H2,(H,21,22)(H,23,24)/b20-11+. The average Bonchev–Trinajstić information content (AvgIpc) is 3.06. The van der Waals surface area contributed by atoms with E-state index in [0.717, 1.165) is 16.6 Å². The Kier molecular flexibility index (Phi) is 5.70.